The quantitative estimate of drug-likeness (QED) is 0.633. The molecule has 0 bridgehead atoms. The Morgan fingerprint density at radius 3 is 2.36 bits per heavy atom. The predicted octanol–water partition coefficient (Wildman–Crippen LogP) is 1.95. The van der Waals surface area contributed by atoms with Crippen molar-refractivity contribution in [3.63, 3.8) is 0 Å². The summed E-state index contributed by atoms with van der Waals surface area (Å²) in [6, 6.07) is 13.3. The summed E-state index contributed by atoms with van der Waals surface area (Å²) < 4.78 is 13.1. The van der Waals surface area contributed by atoms with E-state index in [1.807, 2.05) is 0 Å². The maximum atomic E-state index is 13.1. The van der Waals surface area contributed by atoms with Crippen LogP contribution in [0.25, 0.3) is 0 Å². The summed E-state index contributed by atoms with van der Waals surface area (Å²) in [5, 5.41) is 3.68. The van der Waals surface area contributed by atoms with Gasteiger partial charge in [0.05, 0.1) is 5.69 Å². The van der Waals surface area contributed by atoms with E-state index in [2.05, 4.69) is 5.16 Å². The molecule has 2 aliphatic rings. The monoisotopic (exact) mass is 338 g/mol. The number of fused-ring (bicyclic) bond motifs is 1. The number of ketones is 1. The molecular formula is C18H11FN2O4. The van der Waals surface area contributed by atoms with Crippen molar-refractivity contribution in [2.24, 2.45) is 11.1 Å². The molecule has 2 aromatic carbocycles. The molecule has 0 unspecified atom stereocenters. The number of carbonyl (C=O) groups excluding carboxylic acids is 3. The third-order valence-corrected chi connectivity index (χ3v) is 4.17. The highest BCUT2D eigenvalue weighted by Gasteiger charge is 2.57. The average molecular weight is 338 g/mol. The van der Waals surface area contributed by atoms with Crippen LogP contribution in [0.15, 0.2) is 59.8 Å². The lowest BCUT2D eigenvalue weighted by Crippen LogP contribution is -2.34. The topological polar surface area (TPSA) is 76.0 Å². The summed E-state index contributed by atoms with van der Waals surface area (Å²) in [7, 11) is 0. The Bertz CT molecular complexity index is 908. The minimum Gasteiger partial charge on any atom is -0.381 e. The van der Waals surface area contributed by atoms with E-state index in [0.717, 1.165) is 17.0 Å². The van der Waals surface area contributed by atoms with E-state index in [-0.39, 0.29) is 11.4 Å². The lowest BCUT2D eigenvalue weighted by atomic mass is 9.93. The van der Waals surface area contributed by atoms with E-state index in [4.69, 9.17) is 4.84 Å². The lowest BCUT2D eigenvalue weighted by molar-refractivity contribution is -0.126. The smallest absolute Gasteiger partial charge is 0.278 e. The number of oxime groups is 1. The van der Waals surface area contributed by atoms with Crippen LogP contribution in [0, 0.1) is 11.7 Å². The molecule has 0 radical (unpaired) electrons. The second kappa shape index (κ2) is 5.62. The van der Waals surface area contributed by atoms with E-state index >= 15 is 0 Å². The van der Waals surface area contributed by atoms with E-state index in [0.29, 0.717) is 5.56 Å². The fraction of sp³-hybridized carbons (Fsp3) is 0.111. The van der Waals surface area contributed by atoms with Gasteiger partial charge in [-0.1, -0.05) is 35.5 Å². The standard InChI is InChI=1S/C18H11FN2O4/c19-11-6-8-12(9-7-11)21-17(23)13-14(20-25-16(13)18(21)24)15(22)10-4-2-1-3-5-10/h1-9,13,16H/t13-,16-/m0/s1. The third kappa shape index (κ3) is 2.32. The molecule has 124 valence electrons. The first-order chi connectivity index (χ1) is 12.1. The highest BCUT2D eigenvalue weighted by atomic mass is 19.1. The fourth-order valence-electron chi connectivity index (χ4n) is 2.95. The molecular weight excluding hydrogens is 327 g/mol. The number of benzene rings is 2. The molecule has 1 fully saturated rings. The first-order valence-corrected chi connectivity index (χ1v) is 7.55. The van der Waals surface area contributed by atoms with Gasteiger partial charge in [0, 0.05) is 5.56 Å². The van der Waals surface area contributed by atoms with Gasteiger partial charge in [-0.3, -0.25) is 14.4 Å². The molecule has 0 N–H and O–H groups in total. The molecule has 4 rings (SSSR count). The van der Waals surface area contributed by atoms with Gasteiger partial charge in [-0.05, 0) is 24.3 Å². The number of rotatable bonds is 3. The van der Waals surface area contributed by atoms with Crippen LogP contribution >= 0.6 is 0 Å². The predicted molar refractivity (Wildman–Crippen MR) is 85.5 cm³/mol. The molecule has 2 heterocycles. The second-order valence-corrected chi connectivity index (χ2v) is 5.66. The molecule has 6 nitrogen and oxygen atoms in total. The van der Waals surface area contributed by atoms with Crippen molar-refractivity contribution >= 4 is 29.0 Å². The fourth-order valence-corrected chi connectivity index (χ4v) is 2.95. The van der Waals surface area contributed by atoms with Gasteiger partial charge in [0.25, 0.3) is 5.91 Å². The van der Waals surface area contributed by atoms with Crippen molar-refractivity contribution in [1.29, 1.82) is 0 Å². The SMILES string of the molecule is O=C(C1=NO[C@@H]2C(=O)N(c3ccc(F)cc3)C(=O)[C@@H]12)c1ccccc1. The molecule has 25 heavy (non-hydrogen) atoms. The van der Waals surface area contributed by atoms with Crippen LogP contribution in [0.3, 0.4) is 0 Å². The number of imide groups is 1. The van der Waals surface area contributed by atoms with E-state index in [1.165, 1.54) is 12.1 Å². The highest BCUT2D eigenvalue weighted by Crippen LogP contribution is 2.34. The van der Waals surface area contributed by atoms with Crippen LogP contribution in [0.1, 0.15) is 10.4 Å². The Balaban J connectivity index is 1.67. The number of amides is 2. The number of nitrogens with zero attached hydrogens (tertiary/aromatic N) is 2. The van der Waals surface area contributed by atoms with Gasteiger partial charge in [-0.2, -0.15) is 0 Å². The molecule has 7 heteroatoms. The zero-order valence-corrected chi connectivity index (χ0v) is 12.8. The normalized spacial score (nSPS) is 21.8. The first-order valence-electron chi connectivity index (χ1n) is 7.55. The van der Waals surface area contributed by atoms with Gasteiger partial charge in [-0.25, -0.2) is 9.29 Å². The maximum absolute atomic E-state index is 13.1. The largest absolute Gasteiger partial charge is 0.381 e. The number of carbonyl (C=O) groups is 3. The zero-order valence-electron chi connectivity index (χ0n) is 12.8. The molecule has 2 amide bonds. The van der Waals surface area contributed by atoms with Crippen molar-refractivity contribution in [2.45, 2.75) is 6.10 Å². The van der Waals surface area contributed by atoms with Crippen molar-refractivity contribution in [3.05, 3.63) is 66.0 Å². The molecule has 0 spiro atoms. The Morgan fingerprint density at radius 1 is 1.00 bits per heavy atom. The summed E-state index contributed by atoms with van der Waals surface area (Å²) in [6.45, 7) is 0. The second-order valence-electron chi connectivity index (χ2n) is 5.66. The zero-order chi connectivity index (χ0) is 17.6. The Morgan fingerprint density at radius 2 is 1.68 bits per heavy atom. The van der Waals surface area contributed by atoms with E-state index in [1.54, 1.807) is 30.3 Å². The van der Waals surface area contributed by atoms with Gasteiger partial charge in [0.2, 0.25) is 17.8 Å². The van der Waals surface area contributed by atoms with Crippen LogP contribution < -0.4 is 4.90 Å². The number of halogens is 1. The number of anilines is 1. The van der Waals surface area contributed by atoms with Crippen LogP contribution in [-0.4, -0.2) is 29.4 Å². The number of Topliss-reactive ketones (excluding diaryl/α,β-unsaturated/α-hetero) is 1. The Kier molecular flexibility index (Phi) is 3.42. The molecule has 0 aliphatic carbocycles. The molecule has 0 aromatic heterocycles. The molecule has 2 aliphatic heterocycles. The third-order valence-electron chi connectivity index (χ3n) is 4.17. The van der Waals surface area contributed by atoms with Crippen molar-refractivity contribution in [2.75, 3.05) is 4.90 Å². The highest BCUT2D eigenvalue weighted by molar-refractivity contribution is 6.52. The number of hydrogen-bond donors (Lipinski definition) is 0. The van der Waals surface area contributed by atoms with Crippen LogP contribution in [0.4, 0.5) is 10.1 Å². The van der Waals surface area contributed by atoms with E-state index < -0.39 is 35.4 Å². The minimum atomic E-state index is -1.17. The Labute approximate surface area is 141 Å². The van der Waals surface area contributed by atoms with Crippen molar-refractivity contribution < 1.29 is 23.6 Å². The van der Waals surface area contributed by atoms with Gasteiger partial charge >= 0.3 is 0 Å². The average Bonchev–Trinajstić information content (AvgIpc) is 3.17. The van der Waals surface area contributed by atoms with Crippen molar-refractivity contribution in [1.82, 2.24) is 0 Å². The number of hydrogen-bond acceptors (Lipinski definition) is 5. The molecule has 2 atom stereocenters. The summed E-state index contributed by atoms with van der Waals surface area (Å²) in [6.07, 6.45) is -1.17. The van der Waals surface area contributed by atoms with Crippen molar-refractivity contribution in [3.8, 4) is 0 Å². The van der Waals surface area contributed by atoms with Gasteiger partial charge < -0.3 is 4.84 Å². The minimum absolute atomic E-state index is 0.0980. The summed E-state index contributed by atoms with van der Waals surface area (Å²) >= 11 is 0. The summed E-state index contributed by atoms with van der Waals surface area (Å²) in [4.78, 5) is 43.8. The van der Waals surface area contributed by atoms with Gasteiger partial charge in [-0.15, -0.1) is 0 Å². The summed E-state index contributed by atoms with van der Waals surface area (Å²) in [5.41, 5.74) is 0.478. The van der Waals surface area contributed by atoms with Crippen LogP contribution in [0.5, 0.6) is 0 Å². The first kappa shape index (κ1) is 15.2. The maximum Gasteiger partial charge on any atom is 0.278 e. The summed E-state index contributed by atoms with van der Waals surface area (Å²) in [5.74, 6) is -3.27. The van der Waals surface area contributed by atoms with Gasteiger partial charge in [0.1, 0.15) is 17.4 Å². The van der Waals surface area contributed by atoms with Crippen LogP contribution in [0.2, 0.25) is 0 Å². The van der Waals surface area contributed by atoms with Gasteiger partial charge in [0.15, 0.2) is 0 Å². The Hall–Kier alpha value is -3.35. The molecule has 2 aromatic rings. The molecule has 1 saturated heterocycles. The molecule has 0 saturated carbocycles. The van der Waals surface area contributed by atoms with Crippen LogP contribution in [-0.2, 0) is 14.4 Å². The van der Waals surface area contributed by atoms with E-state index in [9.17, 15) is 18.8 Å². The lowest BCUT2D eigenvalue weighted by Gasteiger charge is -2.15.